The van der Waals surface area contributed by atoms with Crippen molar-refractivity contribution in [2.75, 3.05) is 45.1 Å². The number of pyridine rings is 2. The Morgan fingerprint density at radius 2 is 1.72 bits per heavy atom. The second-order valence-electron chi connectivity index (χ2n) is 12.4. The fourth-order valence-electron chi connectivity index (χ4n) is 5.17. The molecular formula is C36H43N5O6. The van der Waals surface area contributed by atoms with E-state index in [0.29, 0.717) is 63.4 Å². The van der Waals surface area contributed by atoms with Gasteiger partial charge in [-0.1, -0.05) is 18.7 Å². The van der Waals surface area contributed by atoms with Gasteiger partial charge in [-0.3, -0.25) is 9.59 Å². The lowest BCUT2D eigenvalue weighted by atomic mass is 10.0. The van der Waals surface area contributed by atoms with Gasteiger partial charge in [0.05, 0.1) is 31.1 Å². The van der Waals surface area contributed by atoms with Gasteiger partial charge in [0.1, 0.15) is 22.9 Å². The molecule has 4 aromatic rings. The van der Waals surface area contributed by atoms with Crippen molar-refractivity contribution >= 4 is 40.1 Å². The lowest BCUT2D eigenvalue weighted by Crippen LogP contribution is -2.35. The van der Waals surface area contributed by atoms with Crippen LogP contribution in [-0.4, -0.2) is 66.9 Å². The number of anilines is 3. The van der Waals surface area contributed by atoms with Crippen LogP contribution in [0.15, 0.2) is 72.2 Å². The molecule has 47 heavy (non-hydrogen) atoms. The number of carbonyl (C=O) groups excluding carboxylic acids is 2. The highest BCUT2D eigenvalue weighted by molar-refractivity contribution is 6.06. The summed E-state index contributed by atoms with van der Waals surface area (Å²) >= 11 is 0. The highest BCUT2D eigenvalue weighted by Gasteiger charge is 2.30. The zero-order valence-corrected chi connectivity index (χ0v) is 28.3. The second kappa shape index (κ2) is 14.5. The standard InChI is InChI=1S/C36H43N5O6/c1-10-32(42)38-29-14-11-13-23(2)33(29)41(35(44)47-36(3,4)5)31-21-30-25(22-37-31)19-28(34(43)40(30)16-12-15-39(6)7)24-17-26(45-8)20-27(18-24)46-9/h10-11,13-14,17-22H,1,12,15-16H2,2-9H3,(H,38,42). The number of methoxy groups -OCH3 is 2. The maximum Gasteiger partial charge on any atom is 0.420 e. The number of hydrogen-bond acceptors (Lipinski definition) is 8. The van der Waals surface area contributed by atoms with Gasteiger partial charge < -0.3 is 29.0 Å². The van der Waals surface area contributed by atoms with E-state index in [0.717, 1.165) is 12.6 Å². The van der Waals surface area contributed by atoms with E-state index in [1.54, 1.807) is 88.2 Å². The highest BCUT2D eigenvalue weighted by Crippen LogP contribution is 2.37. The number of carbonyl (C=O) groups is 2. The lowest BCUT2D eigenvalue weighted by molar-refractivity contribution is -0.111. The number of rotatable bonds is 11. The van der Waals surface area contributed by atoms with Crippen LogP contribution in [0.5, 0.6) is 11.5 Å². The molecule has 0 atom stereocenters. The molecule has 0 unspecified atom stereocenters. The number of aryl methyl sites for hydroxylation is 2. The summed E-state index contributed by atoms with van der Waals surface area (Å²) in [5.74, 6) is 0.879. The van der Waals surface area contributed by atoms with Crippen molar-refractivity contribution in [2.24, 2.45) is 0 Å². The molecule has 2 aromatic heterocycles. The van der Waals surface area contributed by atoms with Crippen LogP contribution < -0.4 is 25.2 Å². The van der Waals surface area contributed by atoms with Gasteiger partial charge in [-0.05, 0) is 96.2 Å². The second-order valence-corrected chi connectivity index (χ2v) is 12.4. The molecule has 0 bridgehead atoms. The Morgan fingerprint density at radius 1 is 1.04 bits per heavy atom. The van der Waals surface area contributed by atoms with E-state index >= 15 is 0 Å². The molecule has 1 N–H and O–H groups in total. The third-order valence-corrected chi connectivity index (χ3v) is 7.32. The van der Waals surface area contributed by atoms with Crippen molar-refractivity contribution in [3.05, 3.63) is 83.3 Å². The Labute approximate surface area is 275 Å². The van der Waals surface area contributed by atoms with E-state index in [2.05, 4.69) is 16.8 Å². The molecule has 4 rings (SSSR count). The number of nitrogens with zero attached hydrogens (tertiary/aromatic N) is 4. The Balaban J connectivity index is 2.00. The summed E-state index contributed by atoms with van der Waals surface area (Å²) in [6.07, 6.45) is 2.77. The number of benzene rings is 2. The third kappa shape index (κ3) is 8.17. The molecule has 0 saturated carbocycles. The number of para-hydroxylation sites is 1. The smallest absolute Gasteiger partial charge is 0.420 e. The van der Waals surface area contributed by atoms with Gasteiger partial charge in [0, 0.05) is 35.8 Å². The molecule has 11 nitrogen and oxygen atoms in total. The van der Waals surface area contributed by atoms with Crippen molar-refractivity contribution in [1.82, 2.24) is 14.5 Å². The van der Waals surface area contributed by atoms with Gasteiger partial charge in [-0.25, -0.2) is 14.7 Å². The van der Waals surface area contributed by atoms with E-state index in [1.807, 2.05) is 27.1 Å². The molecule has 0 fully saturated rings. The van der Waals surface area contributed by atoms with Crippen molar-refractivity contribution < 1.29 is 23.8 Å². The summed E-state index contributed by atoms with van der Waals surface area (Å²) in [5, 5.41) is 3.48. The highest BCUT2D eigenvalue weighted by atomic mass is 16.6. The predicted molar refractivity (Wildman–Crippen MR) is 186 cm³/mol. The van der Waals surface area contributed by atoms with E-state index in [1.165, 1.54) is 4.90 Å². The fraction of sp³-hybridized carbons (Fsp3) is 0.333. The molecule has 0 aliphatic heterocycles. The zero-order chi connectivity index (χ0) is 34.5. The van der Waals surface area contributed by atoms with Crippen LogP contribution >= 0.6 is 0 Å². The summed E-state index contributed by atoms with van der Waals surface area (Å²) < 4.78 is 18.5. The Morgan fingerprint density at radius 3 is 2.32 bits per heavy atom. The number of nitrogens with one attached hydrogen (secondary N) is 1. The molecule has 11 heteroatoms. The minimum absolute atomic E-state index is 0.215. The largest absolute Gasteiger partial charge is 0.497 e. The molecule has 0 aliphatic rings. The molecule has 0 spiro atoms. The maximum atomic E-state index is 14.3. The quantitative estimate of drug-likeness (QED) is 0.184. The van der Waals surface area contributed by atoms with Crippen LogP contribution in [0.25, 0.3) is 22.0 Å². The van der Waals surface area contributed by atoms with Crippen LogP contribution in [0.3, 0.4) is 0 Å². The minimum Gasteiger partial charge on any atom is -0.497 e. The first kappa shape index (κ1) is 34.7. The predicted octanol–water partition coefficient (Wildman–Crippen LogP) is 6.54. The van der Waals surface area contributed by atoms with Crippen molar-refractivity contribution in [2.45, 2.75) is 46.3 Å². The van der Waals surface area contributed by atoms with Gasteiger partial charge >= 0.3 is 6.09 Å². The van der Waals surface area contributed by atoms with Gasteiger partial charge in [0.15, 0.2) is 0 Å². The first-order chi connectivity index (χ1) is 22.3. The van der Waals surface area contributed by atoms with Crippen molar-refractivity contribution in [1.29, 1.82) is 0 Å². The zero-order valence-electron chi connectivity index (χ0n) is 28.3. The minimum atomic E-state index is -0.833. The van der Waals surface area contributed by atoms with Crippen LogP contribution in [0.1, 0.15) is 32.8 Å². The summed E-state index contributed by atoms with van der Waals surface area (Å²) in [6, 6.07) is 14.1. The molecular weight excluding hydrogens is 598 g/mol. The molecule has 0 aliphatic carbocycles. The van der Waals surface area contributed by atoms with Crippen LogP contribution in [0.4, 0.5) is 22.0 Å². The van der Waals surface area contributed by atoms with Crippen LogP contribution in [0.2, 0.25) is 0 Å². The van der Waals surface area contributed by atoms with E-state index in [9.17, 15) is 14.4 Å². The summed E-state index contributed by atoms with van der Waals surface area (Å²) in [7, 11) is 7.07. The van der Waals surface area contributed by atoms with Crippen molar-refractivity contribution in [3.8, 4) is 22.6 Å². The molecule has 2 aromatic carbocycles. The molecule has 2 amide bonds. The van der Waals surface area contributed by atoms with E-state index in [-0.39, 0.29) is 11.4 Å². The van der Waals surface area contributed by atoms with Crippen LogP contribution in [-0.2, 0) is 16.1 Å². The molecule has 2 heterocycles. The normalized spacial score (nSPS) is 11.3. The van der Waals surface area contributed by atoms with Gasteiger partial charge in [-0.2, -0.15) is 0 Å². The number of aromatic nitrogens is 2. The average Bonchev–Trinajstić information content (AvgIpc) is 3.02. The Bertz CT molecular complexity index is 1840. The lowest BCUT2D eigenvalue weighted by Gasteiger charge is -2.29. The monoisotopic (exact) mass is 641 g/mol. The summed E-state index contributed by atoms with van der Waals surface area (Å²) in [6.45, 7) is 11.8. The van der Waals surface area contributed by atoms with Crippen LogP contribution in [0, 0.1) is 6.92 Å². The molecule has 0 saturated heterocycles. The number of ether oxygens (including phenoxy) is 3. The SMILES string of the molecule is C=CC(=O)Nc1cccc(C)c1N(C(=O)OC(C)(C)C)c1cc2c(cn1)cc(-c1cc(OC)cc(OC)c1)c(=O)n2CCCN(C)C. The van der Waals surface area contributed by atoms with E-state index in [4.69, 9.17) is 19.2 Å². The Kier molecular flexibility index (Phi) is 10.7. The maximum absolute atomic E-state index is 14.3. The topological polar surface area (TPSA) is 115 Å². The number of hydrogen-bond donors (Lipinski definition) is 1. The van der Waals surface area contributed by atoms with Gasteiger partial charge in [0.25, 0.3) is 5.56 Å². The van der Waals surface area contributed by atoms with Gasteiger partial charge in [0.2, 0.25) is 5.91 Å². The van der Waals surface area contributed by atoms with Crippen molar-refractivity contribution in [3.63, 3.8) is 0 Å². The van der Waals surface area contributed by atoms with E-state index < -0.39 is 17.6 Å². The molecule has 0 radical (unpaired) electrons. The van der Waals surface area contributed by atoms with Gasteiger partial charge in [-0.15, -0.1) is 0 Å². The third-order valence-electron chi connectivity index (χ3n) is 7.32. The fourth-order valence-corrected chi connectivity index (χ4v) is 5.17. The number of fused-ring (bicyclic) bond motifs is 1. The number of amides is 2. The first-order valence-electron chi connectivity index (χ1n) is 15.2. The summed E-state index contributed by atoms with van der Waals surface area (Å²) in [4.78, 5) is 48.7. The average molecular weight is 642 g/mol. The Hall–Kier alpha value is -5.16. The summed E-state index contributed by atoms with van der Waals surface area (Å²) in [5.41, 5.74) is 2.05. The first-order valence-corrected chi connectivity index (χ1v) is 15.2. The molecule has 248 valence electrons.